The summed E-state index contributed by atoms with van der Waals surface area (Å²) >= 11 is 0. The third-order valence-electron chi connectivity index (χ3n) is 3.47. The van der Waals surface area contributed by atoms with Gasteiger partial charge in [0.2, 0.25) is 0 Å². The number of halogens is 2. The van der Waals surface area contributed by atoms with Gasteiger partial charge in [0.25, 0.3) is 0 Å². The SMILES string of the molecule is CN(C)/C=C(/C(=O)c1cc(F)cc(F)c1)c1nnnn1-c1ccccc1. The molecule has 0 saturated heterocycles. The van der Waals surface area contributed by atoms with Crippen molar-refractivity contribution in [3.05, 3.63) is 77.8 Å². The number of benzene rings is 2. The van der Waals surface area contributed by atoms with E-state index in [1.807, 2.05) is 6.07 Å². The van der Waals surface area contributed by atoms with Crippen molar-refractivity contribution in [1.29, 1.82) is 0 Å². The molecular formula is C18H15F2N5O. The van der Waals surface area contributed by atoms with E-state index >= 15 is 0 Å². The minimum atomic E-state index is -0.833. The molecule has 0 aliphatic heterocycles. The highest BCUT2D eigenvalue weighted by Crippen LogP contribution is 2.21. The zero-order valence-electron chi connectivity index (χ0n) is 14.1. The van der Waals surface area contributed by atoms with Gasteiger partial charge >= 0.3 is 0 Å². The molecule has 0 unspecified atom stereocenters. The van der Waals surface area contributed by atoms with Gasteiger partial charge in [0.15, 0.2) is 11.6 Å². The summed E-state index contributed by atoms with van der Waals surface area (Å²) in [7, 11) is 3.44. The lowest BCUT2D eigenvalue weighted by atomic mass is 10.0. The number of Topliss-reactive ketones (excluding diaryl/α,β-unsaturated/α-hetero) is 1. The van der Waals surface area contributed by atoms with Crippen LogP contribution >= 0.6 is 0 Å². The molecule has 26 heavy (non-hydrogen) atoms. The van der Waals surface area contributed by atoms with Gasteiger partial charge < -0.3 is 4.90 Å². The number of hydrogen-bond acceptors (Lipinski definition) is 5. The van der Waals surface area contributed by atoms with Crippen LogP contribution in [0.25, 0.3) is 11.3 Å². The average molecular weight is 355 g/mol. The van der Waals surface area contributed by atoms with E-state index in [9.17, 15) is 13.6 Å². The van der Waals surface area contributed by atoms with Crippen molar-refractivity contribution in [3.63, 3.8) is 0 Å². The molecule has 0 fully saturated rings. The van der Waals surface area contributed by atoms with Crippen molar-refractivity contribution in [2.45, 2.75) is 0 Å². The molecule has 0 aliphatic rings. The molecule has 0 atom stereocenters. The summed E-state index contributed by atoms with van der Waals surface area (Å²) in [5, 5.41) is 11.5. The van der Waals surface area contributed by atoms with Gasteiger partial charge in [-0.05, 0) is 34.7 Å². The van der Waals surface area contributed by atoms with Gasteiger partial charge in [0.05, 0.1) is 11.3 Å². The molecule has 3 rings (SSSR count). The Kier molecular flexibility index (Phi) is 4.83. The molecule has 6 nitrogen and oxygen atoms in total. The molecule has 0 radical (unpaired) electrons. The number of para-hydroxylation sites is 1. The van der Waals surface area contributed by atoms with E-state index in [1.165, 1.54) is 10.9 Å². The third kappa shape index (κ3) is 3.64. The number of aromatic nitrogens is 4. The minimum absolute atomic E-state index is 0.105. The lowest BCUT2D eigenvalue weighted by Gasteiger charge is -2.12. The zero-order chi connectivity index (χ0) is 18.7. The predicted molar refractivity (Wildman–Crippen MR) is 91.5 cm³/mol. The Morgan fingerprint density at radius 3 is 2.35 bits per heavy atom. The number of hydrogen-bond donors (Lipinski definition) is 0. The lowest BCUT2D eigenvalue weighted by Crippen LogP contribution is -2.14. The highest BCUT2D eigenvalue weighted by atomic mass is 19.1. The van der Waals surface area contributed by atoms with Gasteiger partial charge in [-0.1, -0.05) is 18.2 Å². The first-order valence-electron chi connectivity index (χ1n) is 7.69. The van der Waals surface area contributed by atoms with Crippen LogP contribution in [0.15, 0.2) is 54.7 Å². The van der Waals surface area contributed by atoms with E-state index in [2.05, 4.69) is 15.5 Å². The van der Waals surface area contributed by atoms with Crippen LogP contribution in [-0.4, -0.2) is 45.0 Å². The van der Waals surface area contributed by atoms with Crippen molar-refractivity contribution in [3.8, 4) is 5.69 Å². The smallest absolute Gasteiger partial charge is 0.198 e. The van der Waals surface area contributed by atoms with Crippen LogP contribution in [0, 0.1) is 11.6 Å². The number of nitrogens with zero attached hydrogens (tertiary/aromatic N) is 5. The predicted octanol–water partition coefficient (Wildman–Crippen LogP) is 2.73. The Morgan fingerprint density at radius 2 is 1.73 bits per heavy atom. The topological polar surface area (TPSA) is 63.9 Å². The molecule has 1 aromatic heterocycles. The zero-order valence-corrected chi connectivity index (χ0v) is 14.1. The summed E-state index contributed by atoms with van der Waals surface area (Å²) in [5.41, 5.74) is 0.627. The van der Waals surface area contributed by atoms with Gasteiger partial charge in [0, 0.05) is 31.9 Å². The summed E-state index contributed by atoms with van der Waals surface area (Å²) in [6, 6.07) is 11.7. The molecule has 0 N–H and O–H groups in total. The summed E-state index contributed by atoms with van der Waals surface area (Å²) < 4.78 is 28.5. The van der Waals surface area contributed by atoms with Crippen LogP contribution in [0.2, 0.25) is 0 Å². The normalized spacial score (nSPS) is 11.5. The van der Waals surface area contributed by atoms with E-state index in [-0.39, 0.29) is 17.0 Å². The second kappa shape index (κ2) is 7.22. The van der Waals surface area contributed by atoms with E-state index in [1.54, 1.807) is 43.3 Å². The molecule has 132 valence electrons. The quantitative estimate of drug-likeness (QED) is 0.520. The molecular weight excluding hydrogens is 340 g/mol. The number of rotatable bonds is 5. The summed E-state index contributed by atoms with van der Waals surface area (Å²) in [5.74, 6) is -2.09. The summed E-state index contributed by atoms with van der Waals surface area (Å²) in [6.07, 6.45) is 1.51. The van der Waals surface area contributed by atoms with Crippen molar-refractivity contribution >= 4 is 11.4 Å². The van der Waals surface area contributed by atoms with Crippen molar-refractivity contribution in [1.82, 2.24) is 25.1 Å². The molecule has 2 aromatic carbocycles. The molecule has 3 aromatic rings. The van der Waals surface area contributed by atoms with Crippen molar-refractivity contribution in [2.24, 2.45) is 0 Å². The van der Waals surface area contributed by atoms with Crippen LogP contribution in [0.1, 0.15) is 16.2 Å². The Hall–Kier alpha value is -3.42. The Morgan fingerprint density at radius 1 is 1.08 bits per heavy atom. The van der Waals surface area contributed by atoms with Gasteiger partial charge in [0.1, 0.15) is 11.6 Å². The average Bonchev–Trinajstić information content (AvgIpc) is 3.08. The maximum absolute atomic E-state index is 13.5. The van der Waals surface area contributed by atoms with Gasteiger partial charge in [-0.2, -0.15) is 4.68 Å². The van der Waals surface area contributed by atoms with Crippen LogP contribution in [0.5, 0.6) is 0 Å². The number of ketones is 1. The van der Waals surface area contributed by atoms with Crippen LogP contribution in [-0.2, 0) is 0 Å². The van der Waals surface area contributed by atoms with Crippen LogP contribution < -0.4 is 0 Å². The minimum Gasteiger partial charge on any atom is -0.383 e. The van der Waals surface area contributed by atoms with Gasteiger partial charge in [-0.25, -0.2) is 8.78 Å². The maximum atomic E-state index is 13.5. The second-order valence-electron chi connectivity index (χ2n) is 5.74. The summed E-state index contributed by atoms with van der Waals surface area (Å²) in [4.78, 5) is 14.6. The Labute approximate surface area is 148 Å². The molecule has 0 aliphatic carbocycles. The largest absolute Gasteiger partial charge is 0.383 e. The highest BCUT2D eigenvalue weighted by molar-refractivity contribution is 6.28. The van der Waals surface area contributed by atoms with Crippen molar-refractivity contribution < 1.29 is 13.6 Å². The third-order valence-corrected chi connectivity index (χ3v) is 3.47. The molecule has 0 amide bonds. The van der Waals surface area contributed by atoms with E-state index in [4.69, 9.17) is 0 Å². The van der Waals surface area contributed by atoms with Gasteiger partial charge in [-0.3, -0.25) is 4.79 Å². The van der Waals surface area contributed by atoms with Crippen LogP contribution in [0.3, 0.4) is 0 Å². The fourth-order valence-corrected chi connectivity index (χ4v) is 2.41. The molecule has 1 heterocycles. The van der Waals surface area contributed by atoms with E-state index in [0.717, 1.165) is 12.1 Å². The Bertz CT molecular complexity index is 946. The van der Waals surface area contributed by atoms with Gasteiger partial charge in [-0.15, -0.1) is 5.10 Å². The Balaban J connectivity index is 2.12. The fourth-order valence-electron chi connectivity index (χ4n) is 2.41. The first-order chi connectivity index (χ1) is 12.5. The molecule has 0 spiro atoms. The maximum Gasteiger partial charge on any atom is 0.198 e. The van der Waals surface area contributed by atoms with Crippen molar-refractivity contribution in [2.75, 3.05) is 14.1 Å². The summed E-state index contributed by atoms with van der Waals surface area (Å²) in [6.45, 7) is 0. The first-order valence-corrected chi connectivity index (χ1v) is 7.69. The first kappa shape index (κ1) is 17.4. The molecule has 0 bridgehead atoms. The number of allylic oxidation sites excluding steroid dienone is 1. The van der Waals surface area contributed by atoms with E-state index < -0.39 is 17.4 Å². The molecule has 0 saturated carbocycles. The number of tetrazole rings is 1. The molecule has 8 heteroatoms. The van der Waals surface area contributed by atoms with E-state index in [0.29, 0.717) is 11.8 Å². The highest BCUT2D eigenvalue weighted by Gasteiger charge is 2.23. The monoisotopic (exact) mass is 355 g/mol. The lowest BCUT2D eigenvalue weighted by molar-refractivity contribution is 0.105. The second-order valence-corrected chi connectivity index (χ2v) is 5.74. The number of carbonyl (C=O) groups is 1. The fraction of sp³-hybridized carbons (Fsp3) is 0.111. The number of carbonyl (C=O) groups excluding carboxylic acids is 1. The van der Waals surface area contributed by atoms with Crippen LogP contribution in [0.4, 0.5) is 8.78 Å². The standard InChI is InChI=1S/C18H15F2N5O/c1-24(2)11-16(17(26)12-8-13(19)10-14(20)9-12)18-21-22-23-25(18)15-6-4-3-5-7-15/h3-11H,1-2H3/b16-11-.